The molecular weight excluding hydrogens is 346 g/mol. The zero-order valence-corrected chi connectivity index (χ0v) is 18.5. The Balaban J connectivity index is 1.70. The molecule has 1 aromatic rings. The van der Waals surface area contributed by atoms with E-state index in [2.05, 4.69) is 78.5 Å². The van der Waals surface area contributed by atoms with Gasteiger partial charge in [0.25, 0.3) is 0 Å². The maximum absolute atomic E-state index is 4.85. The molecule has 0 atom stereocenters. The van der Waals surface area contributed by atoms with E-state index >= 15 is 0 Å². The van der Waals surface area contributed by atoms with Crippen LogP contribution in [0.15, 0.2) is 35.3 Å². The summed E-state index contributed by atoms with van der Waals surface area (Å²) >= 11 is 0. The summed E-state index contributed by atoms with van der Waals surface area (Å²) in [5.74, 6) is 0.933. The lowest BCUT2D eigenvalue weighted by Crippen LogP contribution is -2.46. The van der Waals surface area contributed by atoms with Crippen molar-refractivity contribution >= 4 is 5.96 Å². The van der Waals surface area contributed by atoms with Crippen LogP contribution in [0.4, 0.5) is 0 Å². The fourth-order valence-electron chi connectivity index (χ4n) is 3.60. The average Bonchev–Trinajstić information content (AvgIpc) is 2.73. The highest BCUT2D eigenvalue weighted by molar-refractivity contribution is 5.79. The number of aliphatic imine (C=N–C) groups is 1. The quantitative estimate of drug-likeness (QED) is 0.368. The van der Waals surface area contributed by atoms with E-state index in [4.69, 9.17) is 4.99 Å². The second-order valence-corrected chi connectivity index (χ2v) is 8.35. The van der Waals surface area contributed by atoms with Crippen LogP contribution in [0.25, 0.3) is 0 Å². The molecule has 28 heavy (non-hydrogen) atoms. The van der Waals surface area contributed by atoms with E-state index in [0.29, 0.717) is 0 Å². The molecule has 0 spiro atoms. The molecular formula is C23H41N5. The maximum atomic E-state index is 4.85. The van der Waals surface area contributed by atoms with Gasteiger partial charge in [0.1, 0.15) is 0 Å². The highest BCUT2D eigenvalue weighted by Crippen LogP contribution is 2.22. The lowest BCUT2D eigenvalue weighted by molar-refractivity contribution is 0.136. The summed E-state index contributed by atoms with van der Waals surface area (Å²) in [4.78, 5) is 9.99. The van der Waals surface area contributed by atoms with Crippen molar-refractivity contribution in [1.82, 2.24) is 20.4 Å². The predicted octanol–water partition coefficient (Wildman–Crippen LogP) is 2.94. The largest absolute Gasteiger partial charge is 0.357 e. The molecule has 0 amide bonds. The molecule has 1 saturated heterocycles. The van der Waals surface area contributed by atoms with Crippen molar-refractivity contribution in [2.75, 3.05) is 58.9 Å². The molecule has 2 N–H and O–H groups in total. The van der Waals surface area contributed by atoms with Crippen molar-refractivity contribution < 1.29 is 0 Å². The van der Waals surface area contributed by atoms with Gasteiger partial charge in [-0.25, -0.2) is 0 Å². The summed E-state index contributed by atoms with van der Waals surface area (Å²) in [6, 6.07) is 10.7. The van der Waals surface area contributed by atoms with Crippen LogP contribution < -0.4 is 10.6 Å². The van der Waals surface area contributed by atoms with E-state index in [9.17, 15) is 0 Å². The van der Waals surface area contributed by atoms with E-state index in [1.165, 1.54) is 57.7 Å². The number of unbranched alkanes of at least 4 members (excludes halogenated alkanes) is 1. The number of piperazine rings is 1. The van der Waals surface area contributed by atoms with Gasteiger partial charge in [0.15, 0.2) is 5.96 Å². The number of hydrogen-bond acceptors (Lipinski definition) is 3. The summed E-state index contributed by atoms with van der Waals surface area (Å²) in [5.41, 5.74) is 1.36. The number of likely N-dealkylation sites (N-methyl/N-ethyl adjacent to an activating group) is 1. The Morgan fingerprint density at radius 2 is 1.64 bits per heavy atom. The third kappa shape index (κ3) is 7.80. The van der Waals surface area contributed by atoms with E-state index in [1.54, 1.807) is 0 Å². The highest BCUT2D eigenvalue weighted by Gasteiger charge is 2.20. The van der Waals surface area contributed by atoms with Gasteiger partial charge in [-0.15, -0.1) is 0 Å². The van der Waals surface area contributed by atoms with Crippen LogP contribution in [-0.2, 0) is 5.41 Å². The van der Waals surface area contributed by atoms with Gasteiger partial charge in [0.2, 0.25) is 0 Å². The Bertz CT molecular complexity index is 562. The summed E-state index contributed by atoms with van der Waals surface area (Å²) in [6.45, 7) is 18.8. The lowest BCUT2D eigenvalue weighted by atomic mass is 9.85. The average molecular weight is 388 g/mol. The summed E-state index contributed by atoms with van der Waals surface area (Å²) in [6.07, 6.45) is 2.43. The first-order valence-corrected chi connectivity index (χ1v) is 11.1. The van der Waals surface area contributed by atoms with Crippen LogP contribution in [0.3, 0.4) is 0 Å². The second kappa shape index (κ2) is 12.1. The Hall–Kier alpha value is -1.59. The number of nitrogens with one attached hydrogen (secondary N) is 2. The van der Waals surface area contributed by atoms with Gasteiger partial charge in [0.05, 0.1) is 6.54 Å². The monoisotopic (exact) mass is 387 g/mol. The van der Waals surface area contributed by atoms with Crippen LogP contribution in [0, 0.1) is 0 Å². The van der Waals surface area contributed by atoms with E-state index in [-0.39, 0.29) is 5.41 Å². The molecule has 0 saturated carbocycles. The molecule has 1 aromatic carbocycles. The topological polar surface area (TPSA) is 42.9 Å². The molecule has 0 aliphatic carbocycles. The Morgan fingerprint density at radius 3 is 2.29 bits per heavy atom. The Morgan fingerprint density at radius 1 is 0.964 bits per heavy atom. The molecule has 1 fully saturated rings. The zero-order chi connectivity index (χ0) is 20.2. The second-order valence-electron chi connectivity index (χ2n) is 8.35. The van der Waals surface area contributed by atoms with Crippen LogP contribution in [-0.4, -0.2) is 74.7 Å². The summed E-state index contributed by atoms with van der Waals surface area (Å²) in [7, 11) is 0. The van der Waals surface area contributed by atoms with Crippen molar-refractivity contribution in [3.63, 3.8) is 0 Å². The summed E-state index contributed by atoms with van der Waals surface area (Å²) < 4.78 is 0. The lowest BCUT2D eigenvalue weighted by Gasteiger charge is -2.34. The molecule has 1 heterocycles. The van der Waals surface area contributed by atoms with Gasteiger partial charge in [-0.05, 0) is 38.4 Å². The molecule has 5 heteroatoms. The van der Waals surface area contributed by atoms with Crippen LogP contribution >= 0.6 is 0 Å². The third-order valence-electron chi connectivity index (χ3n) is 5.64. The molecule has 0 aromatic heterocycles. The molecule has 0 bridgehead atoms. The maximum Gasteiger partial charge on any atom is 0.191 e. The van der Waals surface area contributed by atoms with Gasteiger partial charge >= 0.3 is 0 Å². The van der Waals surface area contributed by atoms with Crippen molar-refractivity contribution in [3.8, 4) is 0 Å². The van der Waals surface area contributed by atoms with E-state index < -0.39 is 0 Å². The fraction of sp³-hybridized carbons (Fsp3) is 0.696. The first kappa shape index (κ1) is 22.7. The minimum absolute atomic E-state index is 0.0320. The van der Waals surface area contributed by atoms with Gasteiger partial charge in [0, 0.05) is 44.7 Å². The van der Waals surface area contributed by atoms with Gasteiger partial charge < -0.3 is 20.4 Å². The van der Waals surface area contributed by atoms with Crippen LogP contribution in [0.2, 0.25) is 0 Å². The predicted molar refractivity (Wildman–Crippen MR) is 121 cm³/mol. The molecule has 1 aliphatic heterocycles. The van der Waals surface area contributed by atoms with Crippen molar-refractivity contribution in [3.05, 3.63) is 35.9 Å². The Kier molecular flexibility index (Phi) is 9.79. The molecule has 1 aliphatic rings. The first-order chi connectivity index (χ1) is 13.5. The van der Waals surface area contributed by atoms with Crippen molar-refractivity contribution in [1.29, 1.82) is 0 Å². The van der Waals surface area contributed by atoms with E-state index in [0.717, 1.165) is 25.6 Å². The molecule has 5 nitrogen and oxygen atoms in total. The van der Waals surface area contributed by atoms with E-state index in [1.807, 2.05) is 0 Å². The third-order valence-corrected chi connectivity index (χ3v) is 5.64. The molecule has 0 radical (unpaired) electrons. The van der Waals surface area contributed by atoms with Crippen molar-refractivity contribution in [2.24, 2.45) is 4.99 Å². The van der Waals surface area contributed by atoms with Gasteiger partial charge in [-0.2, -0.15) is 0 Å². The SMILES string of the molecule is CCNC(=NCC(C)(C)c1ccccc1)NCCCCN1CCN(CC)CC1. The number of rotatable bonds is 10. The number of guanidine groups is 1. The number of hydrogen-bond donors (Lipinski definition) is 2. The molecule has 0 unspecified atom stereocenters. The fourth-order valence-corrected chi connectivity index (χ4v) is 3.60. The van der Waals surface area contributed by atoms with Gasteiger partial charge in [-0.1, -0.05) is 51.1 Å². The van der Waals surface area contributed by atoms with Crippen molar-refractivity contribution in [2.45, 2.75) is 46.0 Å². The standard InChI is InChI=1S/C23H41N5/c1-5-24-22(26-20-23(3,4)21-12-8-7-9-13-21)25-14-10-11-15-28-18-16-27(6-2)17-19-28/h7-9,12-13H,5-6,10-11,14-20H2,1-4H3,(H2,24,25,26). The minimum atomic E-state index is 0.0320. The van der Waals surface area contributed by atoms with Crippen LogP contribution in [0.1, 0.15) is 46.1 Å². The first-order valence-electron chi connectivity index (χ1n) is 11.1. The normalized spacial score (nSPS) is 16.9. The smallest absolute Gasteiger partial charge is 0.191 e. The highest BCUT2D eigenvalue weighted by atomic mass is 15.3. The minimum Gasteiger partial charge on any atom is -0.357 e. The van der Waals surface area contributed by atoms with Gasteiger partial charge in [-0.3, -0.25) is 4.99 Å². The number of nitrogens with zero attached hydrogens (tertiary/aromatic N) is 3. The molecule has 2 rings (SSSR count). The molecule has 158 valence electrons. The van der Waals surface area contributed by atoms with Crippen LogP contribution in [0.5, 0.6) is 0 Å². The Labute approximate surface area is 172 Å². The zero-order valence-electron chi connectivity index (χ0n) is 18.5. The summed E-state index contributed by atoms with van der Waals surface area (Å²) in [5, 5.41) is 6.89. The number of benzene rings is 1.